The Bertz CT molecular complexity index is 1030. The molecular formula is C24H27Cl2N3O2. The van der Waals surface area contributed by atoms with E-state index in [1.807, 2.05) is 36.9 Å². The van der Waals surface area contributed by atoms with Gasteiger partial charge < -0.3 is 10.2 Å². The van der Waals surface area contributed by atoms with Crippen molar-refractivity contribution in [1.29, 1.82) is 0 Å². The molecule has 0 saturated heterocycles. The van der Waals surface area contributed by atoms with Crippen LogP contribution in [0.15, 0.2) is 30.5 Å². The van der Waals surface area contributed by atoms with Crippen molar-refractivity contribution in [1.82, 2.24) is 10.3 Å². The van der Waals surface area contributed by atoms with E-state index in [-0.39, 0.29) is 17.9 Å². The summed E-state index contributed by atoms with van der Waals surface area (Å²) in [5.74, 6) is 0.354. The highest BCUT2D eigenvalue weighted by atomic mass is 35.5. The number of aromatic nitrogens is 1. The molecule has 1 saturated carbocycles. The van der Waals surface area contributed by atoms with Gasteiger partial charge in [-0.1, -0.05) is 35.3 Å². The lowest BCUT2D eigenvalue weighted by Crippen LogP contribution is -2.42. The van der Waals surface area contributed by atoms with Crippen LogP contribution in [0.25, 0.3) is 0 Å². The quantitative estimate of drug-likeness (QED) is 0.673. The monoisotopic (exact) mass is 459 g/mol. The number of hydrogen-bond acceptors (Lipinski definition) is 3. The Balaban J connectivity index is 1.39. The average Bonchev–Trinajstić information content (AvgIpc) is 2.93. The van der Waals surface area contributed by atoms with E-state index < -0.39 is 5.41 Å². The zero-order chi connectivity index (χ0) is 22.3. The van der Waals surface area contributed by atoms with Gasteiger partial charge in [-0.2, -0.15) is 0 Å². The first-order valence-electron chi connectivity index (χ1n) is 10.7. The Morgan fingerprint density at radius 3 is 2.65 bits per heavy atom. The zero-order valence-electron chi connectivity index (χ0n) is 18.0. The fourth-order valence-corrected chi connectivity index (χ4v) is 5.20. The SMILES string of the molecule is Cc1ncc(Cl)cc1C(=O)N[C@H]1CC[C@H](CN2C(=O)C(C)(C)c3cccc(Cl)c32)CC1. The molecule has 31 heavy (non-hydrogen) atoms. The van der Waals surface area contributed by atoms with Crippen LogP contribution in [0.3, 0.4) is 0 Å². The molecule has 1 aliphatic carbocycles. The summed E-state index contributed by atoms with van der Waals surface area (Å²) in [7, 11) is 0. The van der Waals surface area contributed by atoms with Crippen LogP contribution in [0.2, 0.25) is 10.0 Å². The third kappa shape index (κ3) is 4.18. The molecule has 1 aromatic carbocycles. The predicted octanol–water partition coefficient (Wildman–Crippen LogP) is 5.31. The Morgan fingerprint density at radius 2 is 1.94 bits per heavy atom. The largest absolute Gasteiger partial charge is 0.349 e. The molecule has 4 rings (SSSR count). The summed E-state index contributed by atoms with van der Waals surface area (Å²) < 4.78 is 0. The first kappa shape index (κ1) is 22.1. The maximum Gasteiger partial charge on any atom is 0.253 e. The Hall–Kier alpha value is -2.11. The van der Waals surface area contributed by atoms with Gasteiger partial charge in [0, 0.05) is 18.8 Å². The van der Waals surface area contributed by atoms with Crippen LogP contribution in [-0.2, 0) is 10.2 Å². The third-order valence-electron chi connectivity index (χ3n) is 6.63. The highest BCUT2D eigenvalue weighted by molar-refractivity contribution is 6.35. The predicted molar refractivity (Wildman–Crippen MR) is 124 cm³/mol. The van der Waals surface area contributed by atoms with E-state index in [0.717, 1.165) is 36.9 Å². The summed E-state index contributed by atoms with van der Waals surface area (Å²) in [6, 6.07) is 7.53. The lowest BCUT2D eigenvalue weighted by atomic mass is 9.85. The normalized spacial score (nSPS) is 22.4. The van der Waals surface area contributed by atoms with Crippen LogP contribution in [0.5, 0.6) is 0 Å². The molecule has 0 spiro atoms. The average molecular weight is 460 g/mol. The van der Waals surface area contributed by atoms with Gasteiger partial charge in [0.25, 0.3) is 5.91 Å². The van der Waals surface area contributed by atoms with Gasteiger partial charge in [0.15, 0.2) is 0 Å². The van der Waals surface area contributed by atoms with Crippen LogP contribution in [0.4, 0.5) is 5.69 Å². The van der Waals surface area contributed by atoms with E-state index in [2.05, 4.69) is 10.3 Å². The van der Waals surface area contributed by atoms with Crippen LogP contribution >= 0.6 is 23.2 Å². The van der Waals surface area contributed by atoms with E-state index >= 15 is 0 Å². The summed E-state index contributed by atoms with van der Waals surface area (Å²) in [5, 5.41) is 4.21. The number of rotatable bonds is 4. The number of carbonyl (C=O) groups excluding carboxylic acids is 2. The minimum absolute atomic E-state index is 0.106. The van der Waals surface area contributed by atoms with Gasteiger partial charge in [-0.25, -0.2) is 0 Å². The van der Waals surface area contributed by atoms with Crippen LogP contribution in [0, 0.1) is 12.8 Å². The van der Waals surface area contributed by atoms with Crippen molar-refractivity contribution in [3.8, 4) is 0 Å². The lowest BCUT2D eigenvalue weighted by molar-refractivity contribution is -0.122. The molecule has 2 amide bonds. The number of fused-ring (bicyclic) bond motifs is 1. The van der Waals surface area contributed by atoms with Crippen molar-refractivity contribution < 1.29 is 9.59 Å². The molecule has 1 aliphatic heterocycles. The maximum absolute atomic E-state index is 13.1. The molecule has 0 radical (unpaired) electrons. The minimum atomic E-state index is -0.561. The second kappa shape index (κ2) is 8.44. The number of nitrogens with one attached hydrogen (secondary N) is 1. The molecule has 2 aromatic rings. The number of amides is 2. The number of aryl methyl sites for hydroxylation is 1. The van der Waals surface area contributed by atoms with E-state index in [4.69, 9.17) is 23.2 Å². The summed E-state index contributed by atoms with van der Waals surface area (Å²) in [6.07, 6.45) is 5.20. The van der Waals surface area contributed by atoms with Gasteiger partial charge >= 0.3 is 0 Å². The fraction of sp³-hybridized carbons (Fsp3) is 0.458. The minimum Gasteiger partial charge on any atom is -0.349 e. The van der Waals surface area contributed by atoms with Gasteiger partial charge in [-0.3, -0.25) is 14.6 Å². The number of pyridine rings is 1. The summed E-state index contributed by atoms with van der Waals surface area (Å²) in [4.78, 5) is 31.8. The first-order chi connectivity index (χ1) is 14.7. The van der Waals surface area contributed by atoms with Crippen molar-refractivity contribution in [2.24, 2.45) is 5.92 Å². The van der Waals surface area contributed by atoms with E-state index in [1.165, 1.54) is 0 Å². The molecule has 0 atom stereocenters. The van der Waals surface area contributed by atoms with Gasteiger partial charge in [-0.05, 0) is 70.1 Å². The number of halogens is 2. The van der Waals surface area contributed by atoms with Gasteiger partial charge in [-0.15, -0.1) is 0 Å². The third-order valence-corrected chi connectivity index (χ3v) is 7.14. The standard InChI is InChI=1S/C24H27Cl2N3O2/c1-14-18(11-16(25)12-27-14)22(30)28-17-9-7-15(8-10-17)13-29-21-19(5-4-6-20(21)26)24(2,3)23(29)31/h4-6,11-12,15,17H,7-10,13H2,1-3H3,(H,28,30)/t15-,17-. The fourth-order valence-electron chi connectivity index (χ4n) is 4.77. The van der Waals surface area contributed by atoms with Gasteiger partial charge in [0.1, 0.15) is 0 Å². The summed E-state index contributed by atoms with van der Waals surface area (Å²) >= 11 is 12.5. The Morgan fingerprint density at radius 1 is 1.23 bits per heavy atom. The second-order valence-electron chi connectivity index (χ2n) is 9.15. The number of nitrogens with zero attached hydrogens (tertiary/aromatic N) is 2. The highest BCUT2D eigenvalue weighted by Gasteiger charge is 2.45. The van der Waals surface area contributed by atoms with Gasteiger partial charge in [0.2, 0.25) is 5.91 Å². The number of benzene rings is 1. The van der Waals surface area contributed by atoms with Crippen molar-refractivity contribution in [3.63, 3.8) is 0 Å². The molecule has 1 fully saturated rings. The van der Waals surface area contributed by atoms with Gasteiger partial charge in [0.05, 0.1) is 32.4 Å². The van der Waals surface area contributed by atoms with E-state index in [9.17, 15) is 9.59 Å². The van der Waals surface area contributed by atoms with Crippen LogP contribution in [-0.4, -0.2) is 29.4 Å². The first-order valence-corrected chi connectivity index (χ1v) is 11.5. The maximum atomic E-state index is 13.1. The van der Waals surface area contributed by atoms with E-state index in [1.54, 1.807) is 19.2 Å². The van der Waals surface area contributed by atoms with Crippen molar-refractivity contribution in [3.05, 3.63) is 57.3 Å². The van der Waals surface area contributed by atoms with Crippen molar-refractivity contribution in [2.45, 2.75) is 57.9 Å². The molecule has 1 N–H and O–H groups in total. The van der Waals surface area contributed by atoms with Crippen LogP contribution < -0.4 is 10.2 Å². The summed E-state index contributed by atoms with van der Waals surface area (Å²) in [6.45, 7) is 6.39. The number of para-hydroxylation sites is 1. The van der Waals surface area contributed by atoms with Crippen LogP contribution in [0.1, 0.15) is 61.1 Å². The van der Waals surface area contributed by atoms with Crippen molar-refractivity contribution >= 4 is 40.7 Å². The number of carbonyl (C=O) groups is 2. The molecule has 1 aromatic heterocycles. The zero-order valence-corrected chi connectivity index (χ0v) is 19.6. The van der Waals surface area contributed by atoms with Crippen molar-refractivity contribution in [2.75, 3.05) is 11.4 Å². The lowest BCUT2D eigenvalue weighted by Gasteiger charge is -2.32. The Labute approximate surface area is 193 Å². The molecule has 5 nitrogen and oxygen atoms in total. The topological polar surface area (TPSA) is 62.3 Å². The molecule has 164 valence electrons. The number of anilines is 1. The molecule has 2 heterocycles. The molecule has 2 aliphatic rings. The summed E-state index contributed by atoms with van der Waals surface area (Å²) in [5.41, 5.74) is 2.48. The second-order valence-corrected chi connectivity index (χ2v) is 10.00. The molecule has 7 heteroatoms. The highest BCUT2D eigenvalue weighted by Crippen LogP contribution is 2.46. The molecule has 0 bridgehead atoms. The molecule has 0 unspecified atom stereocenters. The number of hydrogen-bond donors (Lipinski definition) is 1. The molecular weight excluding hydrogens is 433 g/mol. The Kier molecular flexibility index (Phi) is 6.01. The smallest absolute Gasteiger partial charge is 0.253 e. The van der Waals surface area contributed by atoms with E-state index in [0.29, 0.717) is 33.8 Å².